The Labute approximate surface area is 292 Å². The Morgan fingerprint density at radius 1 is 0.440 bits per heavy atom. The third kappa shape index (κ3) is 6.18. The molecular weight excluding hydrogens is 611 g/mol. The van der Waals surface area contributed by atoms with Gasteiger partial charge in [0.1, 0.15) is 11.5 Å². The number of benzene rings is 6. The van der Waals surface area contributed by atoms with Crippen molar-refractivity contribution in [2.75, 3.05) is 0 Å². The van der Waals surface area contributed by atoms with Gasteiger partial charge < -0.3 is 4.74 Å². The number of hydrogen-bond acceptors (Lipinski definition) is 4. The van der Waals surface area contributed by atoms with E-state index in [1.807, 2.05) is 103 Å². The van der Waals surface area contributed by atoms with E-state index in [2.05, 4.69) is 73.8 Å². The van der Waals surface area contributed by atoms with Gasteiger partial charge in [-0.15, -0.1) is 0 Å². The van der Waals surface area contributed by atoms with Crippen LogP contribution in [0.5, 0.6) is 11.5 Å². The number of ether oxygens (including phenoxy) is 1. The molecule has 0 spiro atoms. The number of fused-ring (bicyclic) bond motifs is 4. The fourth-order valence-corrected chi connectivity index (χ4v) is 6.38. The number of allylic oxidation sites excluding steroid dienone is 4. The molecule has 0 saturated heterocycles. The maximum absolute atomic E-state index is 6.72. The lowest BCUT2D eigenvalue weighted by molar-refractivity contribution is 0.483. The van der Waals surface area contributed by atoms with Gasteiger partial charge >= 0.3 is 0 Å². The average Bonchev–Trinajstić information content (AvgIpc) is 3.17. The van der Waals surface area contributed by atoms with E-state index in [-0.39, 0.29) is 0 Å². The molecule has 0 aliphatic carbocycles. The smallest absolute Gasteiger partial charge is 0.164 e. The fraction of sp³-hybridized carbons (Fsp3) is 0.0217. The molecular formula is C46H33N3O. The molecule has 0 N–H and O–H groups in total. The van der Waals surface area contributed by atoms with Crippen molar-refractivity contribution < 1.29 is 4.74 Å². The van der Waals surface area contributed by atoms with E-state index in [1.54, 1.807) is 0 Å². The van der Waals surface area contributed by atoms with Crippen LogP contribution in [0.4, 0.5) is 0 Å². The molecule has 0 amide bonds. The Morgan fingerprint density at radius 2 is 0.940 bits per heavy atom. The van der Waals surface area contributed by atoms with Crippen molar-refractivity contribution in [2.24, 2.45) is 0 Å². The molecule has 0 saturated carbocycles. The van der Waals surface area contributed by atoms with E-state index in [0.717, 1.165) is 72.7 Å². The molecule has 1 aliphatic heterocycles. The van der Waals surface area contributed by atoms with Crippen molar-refractivity contribution >= 4 is 5.57 Å². The summed E-state index contributed by atoms with van der Waals surface area (Å²) in [7, 11) is 0. The summed E-state index contributed by atoms with van der Waals surface area (Å²) in [5, 5.41) is 0. The number of aromatic nitrogens is 3. The Bertz CT molecular complexity index is 2350. The highest BCUT2D eigenvalue weighted by Crippen LogP contribution is 2.43. The van der Waals surface area contributed by atoms with E-state index in [9.17, 15) is 0 Å². The van der Waals surface area contributed by atoms with Crippen molar-refractivity contribution in [2.45, 2.75) is 6.42 Å². The molecule has 50 heavy (non-hydrogen) atoms. The van der Waals surface area contributed by atoms with E-state index < -0.39 is 0 Å². The van der Waals surface area contributed by atoms with Crippen LogP contribution >= 0.6 is 0 Å². The summed E-state index contributed by atoms with van der Waals surface area (Å²) in [5.41, 5.74) is 10.9. The topological polar surface area (TPSA) is 47.9 Å². The Hall–Kier alpha value is -6.65. The van der Waals surface area contributed by atoms with Crippen LogP contribution in [0.25, 0.3) is 62.0 Å². The molecule has 4 heteroatoms. The molecule has 1 aromatic heterocycles. The van der Waals surface area contributed by atoms with Gasteiger partial charge in [-0.1, -0.05) is 164 Å². The lowest BCUT2D eigenvalue weighted by atomic mass is 9.87. The summed E-state index contributed by atoms with van der Waals surface area (Å²) in [6.45, 7) is 8.76. The molecule has 0 atom stereocenters. The number of nitrogens with zero attached hydrogens (tertiary/aromatic N) is 3. The predicted octanol–water partition coefficient (Wildman–Crippen LogP) is 11.7. The standard InChI is InChI=1S/C46H33N3O/c1-31-27-28-32(2)38-22-9-11-25-41(38)50-42-26-12-10-23-40(42)43-36(29-31)20-14-24-39(43)35-19-13-21-37(30-35)46-48-44(33-15-5-3-6-16-33)47-45(49-46)34-17-7-4-8-18-34/h3-28,30H,1-2,29H2/b28-27-. The van der Waals surface area contributed by atoms with E-state index in [4.69, 9.17) is 19.7 Å². The number of rotatable bonds is 4. The normalized spacial score (nSPS) is 13.1. The summed E-state index contributed by atoms with van der Waals surface area (Å²) >= 11 is 0. The van der Waals surface area contributed by atoms with Crippen LogP contribution in [0.1, 0.15) is 11.1 Å². The van der Waals surface area contributed by atoms with Crippen LogP contribution in [0.2, 0.25) is 0 Å². The second-order valence-electron chi connectivity index (χ2n) is 12.2. The van der Waals surface area contributed by atoms with Gasteiger partial charge in [0, 0.05) is 27.8 Å². The summed E-state index contributed by atoms with van der Waals surface area (Å²) in [4.78, 5) is 14.9. The van der Waals surface area contributed by atoms with Gasteiger partial charge in [-0.05, 0) is 52.4 Å². The van der Waals surface area contributed by atoms with E-state index >= 15 is 0 Å². The highest BCUT2D eigenvalue weighted by molar-refractivity contribution is 5.90. The average molecular weight is 644 g/mol. The Kier molecular flexibility index (Phi) is 8.26. The minimum absolute atomic E-state index is 0.610. The Balaban J connectivity index is 1.30. The molecule has 8 rings (SSSR count). The lowest BCUT2D eigenvalue weighted by Gasteiger charge is -2.21. The SMILES string of the molecule is C=C1/C=C\C(=C)c2ccccc2Oc2ccccc2-c2c(cccc2-c2cccc(-c3nc(-c4ccccc4)nc(-c4ccccc4)n3)c2)C1. The Morgan fingerprint density at radius 3 is 1.62 bits per heavy atom. The van der Waals surface area contributed by atoms with E-state index in [0.29, 0.717) is 23.9 Å². The molecule has 0 radical (unpaired) electrons. The van der Waals surface area contributed by atoms with Crippen LogP contribution in [-0.4, -0.2) is 15.0 Å². The lowest BCUT2D eigenvalue weighted by Crippen LogP contribution is -2.01. The number of para-hydroxylation sites is 2. The summed E-state index contributed by atoms with van der Waals surface area (Å²) in [5.74, 6) is 3.39. The first-order chi connectivity index (χ1) is 24.6. The van der Waals surface area contributed by atoms with Gasteiger partial charge in [0.15, 0.2) is 17.5 Å². The first kappa shape index (κ1) is 30.7. The van der Waals surface area contributed by atoms with Crippen molar-refractivity contribution in [1.82, 2.24) is 15.0 Å². The van der Waals surface area contributed by atoms with E-state index in [1.165, 1.54) is 0 Å². The maximum Gasteiger partial charge on any atom is 0.164 e. The minimum atomic E-state index is 0.610. The minimum Gasteiger partial charge on any atom is -0.456 e. The summed E-state index contributed by atoms with van der Waals surface area (Å²) in [6.07, 6.45) is 4.74. The molecule has 4 nitrogen and oxygen atoms in total. The fourth-order valence-electron chi connectivity index (χ4n) is 6.38. The van der Waals surface area contributed by atoms with Crippen LogP contribution in [0.15, 0.2) is 183 Å². The first-order valence-electron chi connectivity index (χ1n) is 16.6. The molecule has 238 valence electrons. The van der Waals surface area contributed by atoms with Gasteiger partial charge in [-0.3, -0.25) is 0 Å². The zero-order valence-electron chi connectivity index (χ0n) is 27.5. The van der Waals surface area contributed by atoms with Gasteiger partial charge in [-0.2, -0.15) is 0 Å². The van der Waals surface area contributed by atoms with Crippen molar-refractivity contribution in [3.8, 4) is 67.9 Å². The second-order valence-corrected chi connectivity index (χ2v) is 12.2. The van der Waals surface area contributed by atoms with Gasteiger partial charge in [0.05, 0.1) is 0 Å². The third-order valence-electron chi connectivity index (χ3n) is 8.83. The zero-order valence-corrected chi connectivity index (χ0v) is 27.5. The molecule has 0 unspecified atom stereocenters. The van der Waals surface area contributed by atoms with Crippen LogP contribution in [-0.2, 0) is 6.42 Å². The maximum atomic E-state index is 6.72. The largest absolute Gasteiger partial charge is 0.456 e. The second kappa shape index (κ2) is 13.5. The highest BCUT2D eigenvalue weighted by Gasteiger charge is 2.20. The van der Waals surface area contributed by atoms with Gasteiger partial charge in [-0.25, -0.2) is 15.0 Å². The molecule has 7 aromatic rings. The summed E-state index contributed by atoms with van der Waals surface area (Å²) < 4.78 is 6.72. The molecule has 0 bridgehead atoms. The van der Waals surface area contributed by atoms with Crippen LogP contribution in [0, 0.1) is 0 Å². The first-order valence-corrected chi connectivity index (χ1v) is 16.6. The van der Waals surface area contributed by atoms with Crippen molar-refractivity contribution in [1.29, 1.82) is 0 Å². The molecule has 2 heterocycles. The van der Waals surface area contributed by atoms with Crippen LogP contribution < -0.4 is 4.74 Å². The highest BCUT2D eigenvalue weighted by atomic mass is 16.5. The number of hydrogen-bond donors (Lipinski definition) is 0. The third-order valence-corrected chi connectivity index (χ3v) is 8.83. The molecule has 0 fully saturated rings. The van der Waals surface area contributed by atoms with Crippen LogP contribution in [0.3, 0.4) is 0 Å². The zero-order chi connectivity index (χ0) is 33.9. The van der Waals surface area contributed by atoms with Crippen molar-refractivity contribution in [3.63, 3.8) is 0 Å². The summed E-state index contributed by atoms with van der Waals surface area (Å²) in [6, 6.07) is 51.3. The predicted molar refractivity (Wildman–Crippen MR) is 205 cm³/mol. The van der Waals surface area contributed by atoms with Crippen molar-refractivity contribution in [3.05, 3.63) is 194 Å². The monoisotopic (exact) mass is 643 g/mol. The molecule has 6 aromatic carbocycles. The quantitative estimate of drug-likeness (QED) is 0.191. The van der Waals surface area contributed by atoms with Gasteiger partial charge in [0.2, 0.25) is 0 Å². The molecule has 1 aliphatic rings. The van der Waals surface area contributed by atoms with Gasteiger partial charge in [0.25, 0.3) is 0 Å².